The number of aromatic nitrogens is 2. The number of pyridine rings is 2. The van der Waals surface area contributed by atoms with E-state index in [-0.39, 0.29) is 25.1 Å². The Kier molecular flexibility index (Phi) is 5.19. The highest BCUT2D eigenvalue weighted by Gasteiger charge is 2.45. The first-order valence-electron chi connectivity index (χ1n) is 11.8. The maximum Gasteiger partial charge on any atom is 0.343 e. The van der Waals surface area contributed by atoms with Crippen molar-refractivity contribution in [3.63, 3.8) is 0 Å². The Morgan fingerprint density at radius 3 is 2.72 bits per heavy atom. The van der Waals surface area contributed by atoms with Crippen LogP contribution in [0.2, 0.25) is 0 Å². The molecule has 0 aliphatic carbocycles. The molecular formula is C28H23N3O5. The Bertz CT molecular complexity index is 1610. The molecule has 0 spiro atoms. The number of fused-ring (bicyclic) bond motifs is 5. The summed E-state index contributed by atoms with van der Waals surface area (Å²) in [6.45, 7) is 2.14. The second kappa shape index (κ2) is 8.42. The van der Waals surface area contributed by atoms with Crippen LogP contribution in [-0.2, 0) is 39.7 Å². The summed E-state index contributed by atoms with van der Waals surface area (Å²) in [5.74, 6) is -0.741. The van der Waals surface area contributed by atoms with E-state index in [2.05, 4.69) is 5.16 Å². The molecule has 4 heterocycles. The molecule has 6 rings (SSSR count). The molecule has 0 radical (unpaired) electrons. The van der Waals surface area contributed by atoms with E-state index < -0.39 is 11.6 Å². The number of esters is 1. The highest BCUT2D eigenvalue weighted by molar-refractivity contribution is 6.02. The zero-order valence-corrected chi connectivity index (χ0v) is 19.6. The Morgan fingerprint density at radius 2 is 1.92 bits per heavy atom. The first-order valence-corrected chi connectivity index (χ1v) is 11.8. The molecule has 0 fully saturated rings. The summed E-state index contributed by atoms with van der Waals surface area (Å²) in [7, 11) is 0. The number of oxime groups is 1. The number of benzene rings is 2. The maximum absolute atomic E-state index is 13.5. The third-order valence-corrected chi connectivity index (χ3v) is 6.97. The number of hydrogen-bond donors (Lipinski definition) is 1. The van der Waals surface area contributed by atoms with Crippen LogP contribution in [0.15, 0.2) is 70.6 Å². The van der Waals surface area contributed by atoms with Crippen molar-refractivity contribution < 1.29 is 19.5 Å². The molecule has 1 atom stereocenters. The van der Waals surface area contributed by atoms with Gasteiger partial charge in [0.2, 0.25) is 0 Å². The molecule has 8 nitrogen and oxygen atoms in total. The Labute approximate surface area is 206 Å². The van der Waals surface area contributed by atoms with Crippen LogP contribution in [0.3, 0.4) is 0 Å². The van der Waals surface area contributed by atoms with E-state index in [1.165, 1.54) is 0 Å². The minimum Gasteiger partial charge on any atom is -0.458 e. The zero-order chi connectivity index (χ0) is 24.9. The summed E-state index contributed by atoms with van der Waals surface area (Å²) in [6.07, 6.45) is 1.76. The molecule has 0 bridgehead atoms. The van der Waals surface area contributed by atoms with Gasteiger partial charge in [-0.2, -0.15) is 0 Å². The zero-order valence-electron chi connectivity index (χ0n) is 19.6. The largest absolute Gasteiger partial charge is 0.458 e. The van der Waals surface area contributed by atoms with Gasteiger partial charge in [-0.25, -0.2) is 9.78 Å². The fraction of sp³-hybridized carbons (Fsp3) is 0.214. The average molecular weight is 482 g/mol. The molecule has 0 saturated heterocycles. The molecular weight excluding hydrogens is 458 g/mol. The van der Waals surface area contributed by atoms with Crippen LogP contribution in [0, 0.1) is 0 Å². The van der Waals surface area contributed by atoms with Gasteiger partial charge < -0.3 is 19.2 Å². The molecule has 2 aliphatic heterocycles. The van der Waals surface area contributed by atoms with Gasteiger partial charge in [-0.05, 0) is 24.1 Å². The van der Waals surface area contributed by atoms with E-state index >= 15 is 0 Å². The van der Waals surface area contributed by atoms with Crippen molar-refractivity contribution in [1.82, 2.24) is 9.55 Å². The molecule has 36 heavy (non-hydrogen) atoms. The summed E-state index contributed by atoms with van der Waals surface area (Å²) < 4.78 is 6.78. The summed E-state index contributed by atoms with van der Waals surface area (Å²) in [5, 5.41) is 16.2. The topological polar surface area (TPSA) is 103 Å². The average Bonchev–Trinajstić information content (AvgIpc) is 3.28. The monoisotopic (exact) mass is 481 g/mol. The van der Waals surface area contributed by atoms with E-state index in [4.69, 9.17) is 14.6 Å². The minimum absolute atomic E-state index is 0.0936. The Balaban J connectivity index is 1.47. The van der Waals surface area contributed by atoms with Gasteiger partial charge in [0.05, 0.1) is 35.2 Å². The number of carbonyl (C=O) groups is 1. The lowest BCUT2D eigenvalue weighted by Crippen LogP contribution is -2.44. The highest BCUT2D eigenvalue weighted by Crippen LogP contribution is 2.39. The lowest BCUT2D eigenvalue weighted by Gasteiger charge is -2.31. The standard InChI is InChI=1S/C28H23N3O5/c1-2-28(34)22-12-24-25-20(14-31(24)26(32)21(22)16-35-27(28)33)19(18-10-6-7-11-23(18)30-25)13-29-36-15-17-8-4-3-5-9-17/h3-13,34H,2,14-16H2,1H3/t28-/m0/s1. The first kappa shape index (κ1) is 22.2. The molecule has 8 heteroatoms. The van der Waals surface area contributed by atoms with Gasteiger partial charge in [0.25, 0.3) is 5.56 Å². The van der Waals surface area contributed by atoms with Crippen LogP contribution in [0.25, 0.3) is 22.3 Å². The third-order valence-electron chi connectivity index (χ3n) is 6.97. The number of carbonyl (C=O) groups excluding carboxylic acids is 1. The number of ether oxygens (including phenoxy) is 1. The minimum atomic E-state index is -1.86. The fourth-order valence-electron chi connectivity index (χ4n) is 4.98. The van der Waals surface area contributed by atoms with E-state index in [1.54, 1.807) is 23.8 Å². The van der Waals surface area contributed by atoms with Gasteiger partial charge in [-0.1, -0.05) is 60.6 Å². The Hall–Kier alpha value is -4.30. The number of rotatable bonds is 5. The normalized spacial score (nSPS) is 18.1. The number of hydrogen-bond acceptors (Lipinski definition) is 7. The van der Waals surface area contributed by atoms with Crippen LogP contribution in [0.5, 0.6) is 0 Å². The van der Waals surface area contributed by atoms with Crippen molar-refractivity contribution >= 4 is 23.1 Å². The van der Waals surface area contributed by atoms with Crippen LogP contribution in [-0.4, -0.2) is 26.8 Å². The number of para-hydroxylation sites is 1. The van der Waals surface area contributed by atoms with E-state index in [0.717, 1.165) is 27.6 Å². The molecule has 4 aromatic rings. The molecule has 2 aliphatic rings. The van der Waals surface area contributed by atoms with Gasteiger partial charge in [-0.3, -0.25) is 4.79 Å². The molecule has 0 amide bonds. The smallest absolute Gasteiger partial charge is 0.343 e. The SMILES string of the molecule is CC[C@@]1(O)C(=O)OCc2c1cc1n(c2=O)Cc2c-1nc1ccccc1c2C=NOCc1ccccc1. The lowest BCUT2D eigenvalue weighted by atomic mass is 9.86. The molecule has 2 aromatic carbocycles. The summed E-state index contributed by atoms with van der Waals surface area (Å²) in [6, 6.07) is 19.2. The second-order valence-electron chi connectivity index (χ2n) is 8.97. The van der Waals surface area contributed by atoms with Crippen molar-refractivity contribution in [1.29, 1.82) is 0 Å². The van der Waals surface area contributed by atoms with E-state index in [1.807, 2.05) is 54.6 Å². The molecule has 0 saturated carbocycles. The van der Waals surface area contributed by atoms with Gasteiger partial charge in [0.1, 0.15) is 13.2 Å². The summed E-state index contributed by atoms with van der Waals surface area (Å²) in [5.41, 5.74) is 2.98. The molecule has 180 valence electrons. The number of nitrogens with zero attached hydrogens (tertiary/aromatic N) is 3. The number of cyclic esters (lactones) is 1. The molecule has 2 aromatic heterocycles. The van der Waals surface area contributed by atoms with Crippen molar-refractivity contribution in [2.24, 2.45) is 5.16 Å². The highest BCUT2D eigenvalue weighted by atomic mass is 16.6. The molecule has 0 unspecified atom stereocenters. The van der Waals surface area contributed by atoms with Crippen LogP contribution in [0.4, 0.5) is 0 Å². The number of aliphatic hydroxyl groups is 1. The third kappa shape index (κ3) is 3.33. The predicted octanol–water partition coefficient (Wildman–Crippen LogP) is 3.63. The molecule has 1 N–H and O–H groups in total. The summed E-state index contributed by atoms with van der Waals surface area (Å²) in [4.78, 5) is 36.3. The van der Waals surface area contributed by atoms with Crippen LogP contribution in [0.1, 0.15) is 41.2 Å². The van der Waals surface area contributed by atoms with Crippen LogP contribution >= 0.6 is 0 Å². The maximum atomic E-state index is 13.5. The van der Waals surface area contributed by atoms with Gasteiger partial charge in [-0.15, -0.1) is 0 Å². The van der Waals surface area contributed by atoms with Gasteiger partial charge >= 0.3 is 5.97 Å². The fourth-order valence-corrected chi connectivity index (χ4v) is 4.98. The van der Waals surface area contributed by atoms with Crippen molar-refractivity contribution in [2.45, 2.75) is 38.7 Å². The quantitative estimate of drug-likeness (QED) is 0.234. The summed E-state index contributed by atoms with van der Waals surface area (Å²) >= 11 is 0. The predicted molar refractivity (Wildman–Crippen MR) is 133 cm³/mol. The Morgan fingerprint density at radius 1 is 1.14 bits per heavy atom. The van der Waals surface area contributed by atoms with E-state index in [9.17, 15) is 14.7 Å². The van der Waals surface area contributed by atoms with Crippen LogP contribution < -0.4 is 5.56 Å². The van der Waals surface area contributed by atoms with E-state index in [0.29, 0.717) is 29.1 Å². The first-order chi connectivity index (χ1) is 17.5. The van der Waals surface area contributed by atoms with Crippen molar-refractivity contribution in [3.8, 4) is 11.4 Å². The van der Waals surface area contributed by atoms with Gasteiger partial charge in [0, 0.05) is 22.1 Å². The van der Waals surface area contributed by atoms with Crippen molar-refractivity contribution in [3.05, 3.63) is 98.8 Å². The van der Waals surface area contributed by atoms with Gasteiger partial charge in [0.15, 0.2) is 5.60 Å². The lowest BCUT2D eigenvalue weighted by molar-refractivity contribution is -0.172. The van der Waals surface area contributed by atoms with Crippen molar-refractivity contribution in [2.75, 3.05) is 0 Å². The second-order valence-corrected chi connectivity index (χ2v) is 8.97.